The highest BCUT2D eigenvalue weighted by Gasteiger charge is 2.25. The van der Waals surface area contributed by atoms with Crippen LogP contribution in [0.5, 0.6) is 5.75 Å². The van der Waals surface area contributed by atoms with Gasteiger partial charge in [-0.3, -0.25) is 0 Å². The smallest absolute Gasteiger partial charge is 0.141 e. The number of aromatic nitrogens is 2. The van der Waals surface area contributed by atoms with Crippen molar-refractivity contribution in [2.24, 2.45) is 0 Å². The zero-order valence-electron chi connectivity index (χ0n) is 11.2. The molecule has 106 valence electrons. The molecule has 1 N–H and O–H groups in total. The summed E-state index contributed by atoms with van der Waals surface area (Å²) in [4.78, 5) is 10.8. The van der Waals surface area contributed by atoms with Crippen molar-refractivity contribution >= 4 is 33.2 Å². The van der Waals surface area contributed by atoms with E-state index in [0.717, 1.165) is 29.5 Å². The van der Waals surface area contributed by atoms with Crippen LogP contribution in [0.3, 0.4) is 0 Å². The molecular formula is C16H13ClN2OS. The summed E-state index contributed by atoms with van der Waals surface area (Å²) in [6, 6.07) is 7.56. The first-order valence-electron chi connectivity index (χ1n) is 6.92. The van der Waals surface area contributed by atoms with Crippen LogP contribution in [0.1, 0.15) is 28.3 Å². The highest BCUT2D eigenvalue weighted by Crippen LogP contribution is 2.42. The maximum atomic E-state index is 9.41. The molecule has 3 nitrogen and oxygen atoms in total. The van der Waals surface area contributed by atoms with Crippen LogP contribution in [0.25, 0.3) is 10.2 Å². The van der Waals surface area contributed by atoms with Gasteiger partial charge in [-0.15, -0.1) is 11.3 Å². The van der Waals surface area contributed by atoms with Crippen LogP contribution in [0.4, 0.5) is 0 Å². The molecule has 3 aromatic rings. The molecular weight excluding hydrogens is 304 g/mol. The van der Waals surface area contributed by atoms with Gasteiger partial charge in [0.2, 0.25) is 0 Å². The van der Waals surface area contributed by atoms with Gasteiger partial charge in [0.25, 0.3) is 0 Å². The molecule has 0 spiro atoms. The van der Waals surface area contributed by atoms with Crippen molar-refractivity contribution in [3.8, 4) is 5.75 Å². The second-order valence-corrected chi connectivity index (χ2v) is 6.82. The van der Waals surface area contributed by atoms with E-state index < -0.39 is 0 Å². The molecule has 0 saturated carbocycles. The maximum Gasteiger partial charge on any atom is 0.141 e. The van der Waals surface area contributed by atoms with Gasteiger partial charge in [-0.05, 0) is 48.4 Å². The normalized spacial score (nSPS) is 17.9. The number of fused-ring (bicyclic) bond motifs is 3. The Labute approximate surface area is 131 Å². The third-order valence-electron chi connectivity index (χ3n) is 4.16. The summed E-state index contributed by atoms with van der Waals surface area (Å²) in [5.74, 6) is 0.817. The minimum Gasteiger partial charge on any atom is -0.508 e. The van der Waals surface area contributed by atoms with Gasteiger partial charge in [0.05, 0.1) is 5.39 Å². The lowest BCUT2D eigenvalue weighted by Crippen LogP contribution is -2.10. The average Bonchev–Trinajstić information content (AvgIpc) is 2.86. The predicted octanol–water partition coefficient (Wildman–Crippen LogP) is 4.32. The number of aryl methyl sites for hydroxylation is 1. The number of phenols is 1. The summed E-state index contributed by atoms with van der Waals surface area (Å²) >= 11 is 7.96. The number of halogens is 1. The van der Waals surface area contributed by atoms with Crippen LogP contribution in [0.2, 0.25) is 5.15 Å². The number of hydrogen-bond acceptors (Lipinski definition) is 4. The Morgan fingerprint density at radius 3 is 2.81 bits per heavy atom. The first-order valence-corrected chi connectivity index (χ1v) is 8.11. The number of rotatable bonds is 1. The molecule has 5 heteroatoms. The van der Waals surface area contributed by atoms with E-state index in [-0.39, 0.29) is 0 Å². The first-order chi connectivity index (χ1) is 10.2. The Balaban J connectivity index is 1.73. The molecule has 1 aliphatic carbocycles. The van der Waals surface area contributed by atoms with Crippen LogP contribution in [0.15, 0.2) is 30.6 Å². The third kappa shape index (κ3) is 2.19. The molecule has 0 aliphatic heterocycles. The molecule has 21 heavy (non-hydrogen) atoms. The van der Waals surface area contributed by atoms with E-state index in [2.05, 4.69) is 9.97 Å². The molecule has 1 unspecified atom stereocenters. The SMILES string of the molecule is Oc1ccc(C2CCc3c(sc4ncnc(Cl)c34)C2)cc1. The van der Waals surface area contributed by atoms with Gasteiger partial charge in [-0.1, -0.05) is 23.7 Å². The van der Waals surface area contributed by atoms with Crippen molar-refractivity contribution in [3.05, 3.63) is 51.7 Å². The number of phenolic OH excluding ortho intramolecular Hbond substituents is 1. The van der Waals surface area contributed by atoms with Gasteiger partial charge in [-0.25, -0.2) is 9.97 Å². The highest BCUT2D eigenvalue weighted by molar-refractivity contribution is 7.19. The second-order valence-electron chi connectivity index (χ2n) is 5.38. The minimum absolute atomic E-state index is 0.319. The van der Waals surface area contributed by atoms with Crippen molar-refractivity contribution in [1.29, 1.82) is 0 Å². The number of aromatic hydroxyl groups is 1. The quantitative estimate of drug-likeness (QED) is 0.680. The lowest BCUT2D eigenvalue weighted by molar-refractivity contribution is 0.474. The Bertz CT molecular complexity index is 813. The van der Waals surface area contributed by atoms with Gasteiger partial charge < -0.3 is 5.11 Å². The van der Waals surface area contributed by atoms with Crippen LogP contribution in [-0.4, -0.2) is 15.1 Å². The van der Waals surface area contributed by atoms with E-state index in [1.54, 1.807) is 23.5 Å². The lowest BCUT2D eigenvalue weighted by atomic mass is 9.83. The summed E-state index contributed by atoms with van der Waals surface area (Å²) in [5.41, 5.74) is 2.61. The molecule has 1 atom stereocenters. The topological polar surface area (TPSA) is 46.0 Å². The van der Waals surface area contributed by atoms with E-state index in [9.17, 15) is 5.11 Å². The van der Waals surface area contributed by atoms with Crippen LogP contribution in [0, 0.1) is 0 Å². The number of nitrogens with zero attached hydrogens (tertiary/aromatic N) is 2. The monoisotopic (exact) mass is 316 g/mol. The maximum absolute atomic E-state index is 9.41. The summed E-state index contributed by atoms with van der Waals surface area (Å²) in [7, 11) is 0. The Hall–Kier alpha value is -1.65. The molecule has 0 saturated heterocycles. The second kappa shape index (κ2) is 4.97. The van der Waals surface area contributed by atoms with Gasteiger partial charge in [-0.2, -0.15) is 0 Å². The largest absolute Gasteiger partial charge is 0.508 e. The van der Waals surface area contributed by atoms with E-state index >= 15 is 0 Å². The number of benzene rings is 1. The molecule has 2 aromatic heterocycles. The van der Waals surface area contributed by atoms with Gasteiger partial charge in [0.15, 0.2) is 0 Å². The molecule has 2 heterocycles. The van der Waals surface area contributed by atoms with Crippen molar-refractivity contribution in [2.75, 3.05) is 0 Å². The molecule has 4 rings (SSSR count). The average molecular weight is 317 g/mol. The van der Waals surface area contributed by atoms with E-state index in [1.165, 1.54) is 22.3 Å². The lowest BCUT2D eigenvalue weighted by Gasteiger charge is -2.22. The van der Waals surface area contributed by atoms with Gasteiger partial charge in [0.1, 0.15) is 22.1 Å². The van der Waals surface area contributed by atoms with Gasteiger partial charge in [0, 0.05) is 4.88 Å². The summed E-state index contributed by atoms with van der Waals surface area (Å²) in [5, 5.41) is 11.0. The van der Waals surface area contributed by atoms with Crippen molar-refractivity contribution in [2.45, 2.75) is 25.2 Å². The predicted molar refractivity (Wildman–Crippen MR) is 85.3 cm³/mol. The van der Waals surface area contributed by atoms with E-state index in [4.69, 9.17) is 11.6 Å². The summed E-state index contributed by atoms with van der Waals surface area (Å²) in [6.45, 7) is 0. The first kappa shape index (κ1) is 13.0. The molecule has 0 radical (unpaired) electrons. The van der Waals surface area contributed by atoms with Crippen molar-refractivity contribution < 1.29 is 5.11 Å². The zero-order chi connectivity index (χ0) is 14.4. The van der Waals surface area contributed by atoms with Gasteiger partial charge >= 0.3 is 0 Å². The molecule has 1 aliphatic rings. The zero-order valence-corrected chi connectivity index (χ0v) is 12.8. The van der Waals surface area contributed by atoms with Crippen LogP contribution in [-0.2, 0) is 12.8 Å². The molecule has 1 aromatic carbocycles. The highest BCUT2D eigenvalue weighted by atomic mass is 35.5. The molecule has 0 bridgehead atoms. The fourth-order valence-corrected chi connectivity index (χ4v) is 4.67. The number of hydrogen-bond donors (Lipinski definition) is 1. The molecule has 0 amide bonds. The Kier molecular flexibility index (Phi) is 3.08. The van der Waals surface area contributed by atoms with Crippen molar-refractivity contribution in [3.63, 3.8) is 0 Å². The standard InChI is InChI=1S/C16H13ClN2OS/c17-15-14-12-6-3-10(9-1-4-11(20)5-2-9)7-13(12)21-16(14)19-8-18-15/h1-2,4-5,8,10,20H,3,6-7H2. The van der Waals surface area contributed by atoms with Crippen LogP contribution < -0.4 is 0 Å². The number of thiophene rings is 1. The summed E-state index contributed by atoms with van der Waals surface area (Å²) < 4.78 is 0. The Morgan fingerprint density at radius 1 is 1.19 bits per heavy atom. The third-order valence-corrected chi connectivity index (χ3v) is 5.61. The van der Waals surface area contributed by atoms with Crippen LogP contribution >= 0.6 is 22.9 Å². The Morgan fingerprint density at radius 2 is 2.00 bits per heavy atom. The minimum atomic E-state index is 0.319. The van der Waals surface area contributed by atoms with E-state index in [1.807, 2.05) is 12.1 Å². The fourth-order valence-electron chi connectivity index (χ4n) is 3.10. The van der Waals surface area contributed by atoms with Crippen molar-refractivity contribution in [1.82, 2.24) is 9.97 Å². The summed E-state index contributed by atoms with van der Waals surface area (Å²) in [6.07, 6.45) is 4.64. The fraction of sp³-hybridized carbons (Fsp3) is 0.250. The molecule has 0 fully saturated rings. The van der Waals surface area contributed by atoms with E-state index in [0.29, 0.717) is 16.8 Å².